The third kappa shape index (κ3) is 6.07. The van der Waals surface area contributed by atoms with Crippen LogP contribution in [0.4, 0.5) is 0 Å². The molecule has 0 fully saturated rings. The molecule has 0 aliphatic heterocycles. The Balaban J connectivity index is 1.36. The molecule has 33 heavy (non-hydrogen) atoms. The van der Waals surface area contributed by atoms with Gasteiger partial charge in [-0.15, -0.1) is 10.2 Å². The first-order valence-electron chi connectivity index (χ1n) is 12.0. The summed E-state index contributed by atoms with van der Waals surface area (Å²) >= 11 is 0. The molecule has 4 rings (SSSR count). The van der Waals surface area contributed by atoms with E-state index in [0.29, 0.717) is 11.8 Å². The lowest BCUT2D eigenvalue weighted by Gasteiger charge is -2.04. The Morgan fingerprint density at radius 2 is 1.12 bits per heavy atom. The first-order valence-corrected chi connectivity index (χ1v) is 12.0. The highest BCUT2D eigenvalue weighted by atomic mass is 16.4. The molecular weight excluding hydrogens is 404 g/mol. The Kier molecular flexibility index (Phi) is 7.86. The fraction of sp³-hybridized carbons (Fsp3) is 0.267. The molecule has 3 heteroatoms. The Morgan fingerprint density at radius 3 is 1.70 bits per heavy atom. The predicted octanol–water partition coefficient (Wildman–Crippen LogP) is 8.62. The van der Waals surface area contributed by atoms with Crippen LogP contribution in [-0.2, 0) is 6.42 Å². The number of benzene rings is 3. The van der Waals surface area contributed by atoms with E-state index < -0.39 is 0 Å². The number of unbranched alkanes of at least 4 members (excludes halogenated alkanes) is 5. The second-order valence-electron chi connectivity index (χ2n) is 8.53. The van der Waals surface area contributed by atoms with Crippen LogP contribution in [0.5, 0.6) is 0 Å². The van der Waals surface area contributed by atoms with Crippen molar-refractivity contribution in [3.63, 3.8) is 0 Å². The number of hydrogen-bond acceptors (Lipinski definition) is 3. The number of aryl methyl sites for hydroxylation is 1. The average molecular weight is 437 g/mol. The minimum absolute atomic E-state index is 0.537. The lowest BCUT2D eigenvalue weighted by molar-refractivity contribution is 0.584. The summed E-state index contributed by atoms with van der Waals surface area (Å²) in [6, 6.07) is 25.1. The van der Waals surface area contributed by atoms with Crippen molar-refractivity contribution in [3.8, 4) is 34.0 Å². The summed E-state index contributed by atoms with van der Waals surface area (Å²) in [5, 5.41) is 8.54. The van der Waals surface area contributed by atoms with Gasteiger partial charge in [0.2, 0.25) is 11.8 Å². The van der Waals surface area contributed by atoms with Gasteiger partial charge in [0.15, 0.2) is 0 Å². The summed E-state index contributed by atoms with van der Waals surface area (Å²) in [7, 11) is 0. The van der Waals surface area contributed by atoms with Gasteiger partial charge in [0.1, 0.15) is 0 Å². The normalized spacial score (nSPS) is 10.9. The zero-order valence-electron chi connectivity index (χ0n) is 19.5. The Bertz CT molecular complexity index is 1140. The highest BCUT2D eigenvalue weighted by molar-refractivity contribution is 5.69. The number of hydrogen-bond donors (Lipinski definition) is 0. The Morgan fingerprint density at radius 1 is 0.636 bits per heavy atom. The lowest BCUT2D eigenvalue weighted by atomic mass is 10.0. The van der Waals surface area contributed by atoms with Crippen molar-refractivity contribution < 1.29 is 4.42 Å². The van der Waals surface area contributed by atoms with Gasteiger partial charge >= 0.3 is 0 Å². The number of aromatic nitrogens is 2. The van der Waals surface area contributed by atoms with E-state index in [1.165, 1.54) is 49.7 Å². The van der Waals surface area contributed by atoms with Crippen molar-refractivity contribution in [2.45, 2.75) is 51.9 Å². The molecule has 0 N–H and O–H groups in total. The molecule has 0 atom stereocenters. The minimum atomic E-state index is 0.537. The maximum atomic E-state index is 5.97. The van der Waals surface area contributed by atoms with Crippen molar-refractivity contribution in [1.29, 1.82) is 0 Å². The fourth-order valence-corrected chi connectivity index (χ4v) is 4.00. The van der Waals surface area contributed by atoms with Crippen LogP contribution in [0.15, 0.2) is 83.8 Å². The maximum Gasteiger partial charge on any atom is 0.248 e. The Labute approximate surface area is 197 Å². The molecule has 0 saturated carbocycles. The van der Waals surface area contributed by atoms with Crippen LogP contribution in [0.2, 0.25) is 0 Å². The Hall–Kier alpha value is -3.46. The first kappa shape index (κ1) is 22.7. The second kappa shape index (κ2) is 11.4. The van der Waals surface area contributed by atoms with E-state index in [1.807, 2.05) is 18.2 Å². The van der Waals surface area contributed by atoms with E-state index in [1.54, 1.807) is 0 Å². The molecule has 0 radical (unpaired) electrons. The molecule has 0 spiro atoms. The van der Waals surface area contributed by atoms with Gasteiger partial charge in [-0.25, -0.2) is 0 Å². The highest BCUT2D eigenvalue weighted by Gasteiger charge is 2.11. The van der Waals surface area contributed by atoms with Gasteiger partial charge in [-0.2, -0.15) is 0 Å². The van der Waals surface area contributed by atoms with Gasteiger partial charge in [0.05, 0.1) is 0 Å². The van der Waals surface area contributed by atoms with Gasteiger partial charge in [0, 0.05) is 11.1 Å². The smallest absolute Gasteiger partial charge is 0.248 e. The third-order valence-electron chi connectivity index (χ3n) is 6.06. The predicted molar refractivity (Wildman–Crippen MR) is 138 cm³/mol. The highest BCUT2D eigenvalue weighted by Crippen LogP contribution is 2.27. The van der Waals surface area contributed by atoms with Crippen LogP contribution < -0.4 is 0 Å². The fourth-order valence-electron chi connectivity index (χ4n) is 4.00. The summed E-state index contributed by atoms with van der Waals surface area (Å²) in [5.74, 6) is 1.09. The molecule has 0 aliphatic carbocycles. The molecule has 1 aromatic heterocycles. The van der Waals surface area contributed by atoms with Crippen molar-refractivity contribution in [2.75, 3.05) is 0 Å². The van der Waals surface area contributed by atoms with E-state index in [-0.39, 0.29) is 0 Å². The molecule has 4 aromatic rings. The quantitative estimate of drug-likeness (QED) is 0.221. The van der Waals surface area contributed by atoms with E-state index in [9.17, 15) is 0 Å². The monoisotopic (exact) mass is 436 g/mol. The van der Waals surface area contributed by atoms with Crippen LogP contribution in [0.3, 0.4) is 0 Å². The van der Waals surface area contributed by atoms with E-state index in [4.69, 9.17) is 4.42 Å². The van der Waals surface area contributed by atoms with Crippen molar-refractivity contribution in [1.82, 2.24) is 10.2 Å². The molecule has 3 aromatic carbocycles. The van der Waals surface area contributed by atoms with Crippen LogP contribution in [0.25, 0.3) is 40.1 Å². The van der Waals surface area contributed by atoms with Crippen LogP contribution in [0, 0.1) is 0 Å². The molecule has 0 amide bonds. The SMILES string of the molecule is C=Cc1ccc(-c2ccc(-c3nnc(-c4ccc(CCCCCCCC)cc4)o3)cc2)cc1. The van der Waals surface area contributed by atoms with E-state index >= 15 is 0 Å². The van der Waals surface area contributed by atoms with Gasteiger partial charge in [-0.1, -0.05) is 100 Å². The minimum Gasteiger partial charge on any atom is -0.416 e. The van der Waals surface area contributed by atoms with Gasteiger partial charge in [0.25, 0.3) is 0 Å². The van der Waals surface area contributed by atoms with E-state index in [0.717, 1.165) is 28.7 Å². The van der Waals surface area contributed by atoms with Gasteiger partial charge < -0.3 is 4.42 Å². The van der Waals surface area contributed by atoms with E-state index in [2.05, 4.69) is 84.4 Å². The summed E-state index contributed by atoms with van der Waals surface area (Å²) in [6.45, 7) is 6.06. The molecule has 0 aliphatic rings. The molecule has 1 heterocycles. The topological polar surface area (TPSA) is 38.9 Å². The first-order chi connectivity index (χ1) is 16.3. The molecular formula is C30H32N2O. The zero-order chi connectivity index (χ0) is 22.9. The van der Waals surface area contributed by atoms with Crippen LogP contribution in [-0.4, -0.2) is 10.2 Å². The van der Waals surface area contributed by atoms with Crippen LogP contribution in [0.1, 0.15) is 56.6 Å². The van der Waals surface area contributed by atoms with Crippen molar-refractivity contribution >= 4 is 6.08 Å². The summed E-state index contributed by atoms with van der Waals surface area (Å²) in [5.41, 5.74) is 6.67. The largest absolute Gasteiger partial charge is 0.416 e. The molecule has 168 valence electrons. The zero-order valence-corrected chi connectivity index (χ0v) is 19.5. The molecule has 0 unspecified atom stereocenters. The van der Waals surface area contributed by atoms with Crippen LogP contribution >= 0.6 is 0 Å². The second-order valence-corrected chi connectivity index (χ2v) is 8.53. The maximum absolute atomic E-state index is 5.97. The molecule has 0 bridgehead atoms. The summed E-state index contributed by atoms with van der Waals surface area (Å²) in [4.78, 5) is 0. The number of rotatable bonds is 11. The lowest BCUT2D eigenvalue weighted by Crippen LogP contribution is -1.87. The van der Waals surface area contributed by atoms with Crippen molar-refractivity contribution in [3.05, 3.63) is 90.5 Å². The average Bonchev–Trinajstić information content (AvgIpc) is 3.37. The molecule has 0 saturated heterocycles. The molecule has 3 nitrogen and oxygen atoms in total. The van der Waals surface area contributed by atoms with Gasteiger partial charge in [-0.3, -0.25) is 0 Å². The standard InChI is InChI=1S/C30H32N2O/c1-3-5-6-7-8-9-10-24-13-17-27(18-14-24)29-31-32-30(33-29)28-21-19-26(20-22-28)25-15-11-23(4-2)12-16-25/h4,11-22H,2-3,5-10H2,1H3. The van der Waals surface area contributed by atoms with Crippen molar-refractivity contribution in [2.24, 2.45) is 0 Å². The summed E-state index contributed by atoms with van der Waals surface area (Å²) < 4.78 is 5.97. The van der Waals surface area contributed by atoms with Gasteiger partial charge in [-0.05, 0) is 59.4 Å². The summed E-state index contributed by atoms with van der Waals surface area (Å²) in [6.07, 6.45) is 10.9. The number of nitrogens with zero attached hydrogens (tertiary/aromatic N) is 2. The third-order valence-corrected chi connectivity index (χ3v) is 6.06.